The van der Waals surface area contributed by atoms with E-state index in [0.717, 1.165) is 11.3 Å². The molecule has 21 heavy (non-hydrogen) atoms. The average molecular weight is 323 g/mol. The molecule has 3 nitrogen and oxygen atoms in total. The van der Waals surface area contributed by atoms with Gasteiger partial charge >= 0.3 is 0 Å². The molecule has 1 amide bonds. The number of halogens is 2. The number of hydrogen-bond acceptors (Lipinski definition) is 2. The molecule has 0 radical (unpaired) electrons. The number of carbonyl (C=O) groups excluding carboxylic acids is 1. The van der Waals surface area contributed by atoms with E-state index in [1.54, 1.807) is 30.5 Å². The summed E-state index contributed by atoms with van der Waals surface area (Å²) in [6.45, 7) is 4.31. The zero-order valence-corrected chi connectivity index (χ0v) is 13.4. The molecule has 0 saturated carbocycles. The van der Waals surface area contributed by atoms with Gasteiger partial charge in [0, 0.05) is 34.4 Å². The molecular weight excluding hydrogens is 307 g/mol. The summed E-state index contributed by atoms with van der Waals surface area (Å²) >= 11 is 12.3. The number of rotatable bonds is 4. The Morgan fingerprint density at radius 3 is 2.48 bits per heavy atom. The van der Waals surface area contributed by atoms with Crippen LogP contribution in [0.5, 0.6) is 0 Å². The first-order valence-electron chi connectivity index (χ1n) is 6.64. The van der Waals surface area contributed by atoms with Crippen LogP contribution in [0.4, 0.5) is 0 Å². The summed E-state index contributed by atoms with van der Waals surface area (Å²) in [5.41, 5.74) is 2.27. The van der Waals surface area contributed by atoms with E-state index in [-0.39, 0.29) is 11.8 Å². The molecule has 0 aliphatic carbocycles. The van der Waals surface area contributed by atoms with Crippen LogP contribution in [0.2, 0.25) is 10.0 Å². The lowest BCUT2D eigenvalue weighted by molar-refractivity contribution is 0.0951. The molecule has 2 aromatic rings. The fourth-order valence-electron chi connectivity index (χ4n) is 2.03. The van der Waals surface area contributed by atoms with Gasteiger partial charge in [-0.1, -0.05) is 36.2 Å². The van der Waals surface area contributed by atoms with Crippen molar-refractivity contribution in [2.24, 2.45) is 0 Å². The van der Waals surface area contributed by atoms with Crippen molar-refractivity contribution in [3.63, 3.8) is 0 Å². The molecule has 0 saturated heterocycles. The van der Waals surface area contributed by atoms with Crippen LogP contribution >= 0.6 is 23.2 Å². The Labute approximate surface area is 134 Å². The molecule has 1 aromatic heterocycles. The smallest absolute Gasteiger partial charge is 0.252 e. The van der Waals surface area contributed by atoms with Crippen molar-refractivity contribution < 1.29 is 4.79 Å². The summed E-state index contributed by atoms with van der Waals surface area (Å²) < 4.78 is 0. The van der Waals surface area contributed by atoms with Gasteiger partial charge in [-0.3, -0.25) is 9.78 Å². The Hall–Kier alpha value is -1.58. The van der Waals surface area contributed by atoms with E-state index in [4.69, 9.17) is 23.2 Å². The molecule has 0 spiro atoms. The maximum absolute atomic E-state index is 12.0. The van der Waals surface area contributed by atoms with E-state index in [1.807, 2.05) is 19.9 Å². The molecule has 5 heteroatoms. The molecule has 110 valence electrons. The van der Waals surface area contributed by atoms with Crippen molar-refractivity contribution in [3.05, 3.63) is 63.4 Å². The summed E-state index contributed by atoms with van der Waals surface area (Å²) in [6, 6.07) is 8.96. The third kappa shape index (κ3) is 3.96. The lowest BCUT2D eigenvalue weighted by atomic mass is 10.0. The molecule has 0 fully saturated rings. The molecule has 1 unspecified atom stereocenters. The summed E-state index contributed by atoms with van der Waals surface area (Å²) in [5.74, 6) is -0.133. The van der Waals surface area contributed by atoms with Gasteiger partial charge in [0.2, 0.25) is 0 Å². The fraction of sp³-hybridized carbons (Fsp3) is 0.250. The van der Waals surface area contributed by atoms with Gasteiger partial charge in [0.25, 0.3) is 5.91 Å². The zero-order valence-electron chi connectivity index (χ0n) is 11.9. The van der Waals surface area contributed by atoms with Gasteiger partial charge in [0.05, 0.1) is 5.56 Å². The first kappa shape index (κ1) is 15.8. The average Bonchev–Trinajstić information content (AvgIpc) is 2.45. The van der Waals surface area contributed by atoms with Crippen LogP contribution in [0, 0.1) is 6.92 Å². The minimum Gasteiger partial charge on any atom is -0.351 e. The highest BCUT2D eigenvalue weighted by atomic mass is 35.5. The molecule has 1 N–H and O–H groups in total. The Morgan fingerprint density at radius 2 is 1.90 bits per heavy atom. The highest BCUT2D eigenvalue weighted by Crippen LogP contribution is 2.30. The van der Waals surface area contributed by atoms with E-state index in [0.29, 0.717) is 22.2 Å². The predicted octanol–water partition coefficient (Wildman–Crippen LogP) is 4.23. The standard InChI is InChI=1S/C16H16Cl2N2O/c1-10(15-13(17)4-3-5-14(15)18)8-20-16(21)12-7-6-11(2)19-9-12/h3-7,9-10H,8H2,1-2H3,(H,20,21). The van der Waals surface area contributed by atoms with Gasteiger partial charge in [0.1, 0.15) is 0 Å². The quantitative estimate of drug-likeness (QED) is 0.915. The molecule has 1 heterocycles. The number of amides is 1. The van der Waals surface area contributed by atoms with Crippen molar-refractivity contribution in [2.45, 2.75) is 19.8 Å². The minimum absolute atomic E-state index is 0.0218. The van der Waals surface area contributed by atoms with Crippen molar-refractivity contribution in [3.8, 4) is 0 Å². The van der Waals surface area contributed by atoms with Crippen LogP contribution in [0.25, 0.3) is 0 Å². The Balaban J connectivity index is 2.02. The van der Waals surface area contributed by atoms with Crippen LogP contribution < -0.4 is 5.32 Å². The van der Waals surface area contributed by atoms with Gasteiger partial charge in [-0.25, -0.2) is 0 Å². The van der Waals surface area contributed by atoms with Gasteiger partial charge in [-0.05, 0) is 36.8 Å². The van der Waals surface area contributed by atoms with Crippen molar-refractivity contribution in [2.75, 3.05) is 6.54 Å². The maximum Gasteiger partial charge on any atom is 0.252 e. The number of aryl methyl sites for hydroxylation is 1. The number of benzene rings is 1. The number of aromatic nitrogens is 1. The van der Waals surface area contributed by atoms with E-state index in [1.165, 1.54) is 0 Å². The van der Waals surface area contributed by atoms with Crippen LogP contribution in [0.3, 0.4) is 0 Å². The van der Waals surface area contributed by atoms with Gasteiger partial charge in [0.15, 0.2) is 0 Å². The number of pyridine rings is 1. The summed E-state index contributed by atoms with van der Waals surface area (Å²) in [4.78, 5) is 16.2. The number of nitrogens with one attached hydrogen (secondary N) is 1. The normalized spacial score (nSPS) is 12.0. The van der Waals surface area contributed by atoms with E-state index < -0.39 is 0 Å². The van der Waals surface area contributed by atoms with Crippen LogP contribution in [-0.2, 0) is 0 Å². The zero-order chi connectivity index (χ0) is 15.4. The largest absolute Gasteiger partial charge is 0.351 e. The van der Waals surface area contributed by atoms with Crippen molar-refractivity contribution >= 4 is 29.1 Å². The first-order valence-corrected chi connectivity index (χ1v) is 7.39. The lowest BCUT2D eigenvalue weighted by Gasteiger charge is -2.16. The number of carbonyl (C=O) groups is 1. The fourth-order valence-corrected chi connectivity index (χ4v) is 2.80. The molecule has 1 aromatic carbocycles. The molecule has 0 aliphatic rings. The third-order valence-corrected chi connectivity index (χ3v) is 3.89. The second-order valence-electron chi connectivity index (χ2n) is 4.93. The van der Waals surface area contributed by atoms with E-state index >= 15 is 0 Å². The monoisotopic (exact) mass is 322 g/mol. The summed E-state index contributed by atoms with van der Waals surface area (Å²) in [6.07, 6.45) is 1.57. The number of nitrogens with zero attached hydrogens (tertiary/aromatic N) is 1. The maximum atomic E-state index is 12.0. The van der Waals surface area contributed by atoms with Crippen LogP contribution in [-0.4, -0.2) is 17.4 Å². The highest BCUT2D eigenvalue weighted by molar-refractivity contribution is 6.36. The molecule has 2 rings (SSSR count). The van der Waals surface area contributed by atoms with Crippen molar-refractivity contribution in [1.29, 1.82) is 0 Å². The molecule has 0 bridgehead atoms. The van der Waals surface area contributed by atoms with Crippen LogP contribution in [0.15, 0.2) is 36.5 Å². The predicted molar refractivity (Wildman–Crippen MR) is 86.2 cm³/mol. The second-order valence-corrected chi connectivity index (χ2v) is 5.75. The van der Waals surface area contributed by atoms with Crippen LogP contribution in [0.1, 0.15) is 34.5 Å². The van der Waals surface area contributed by atoms with Crippen molar-refractivity contribution in [1.82, 2.24) is 10.3 Å². The first-order chi connectivity index (χ1) is 9.99. The highest BCUT2D eigenvalue weighted by Gasteiger charge is 2.15. The van der Waals surface area contributed by atoms with E-state index in [9.17, 15) is 4.79 Å². The Bertz CT molecular complexity index is 621. The van der Waals surface area contributed by atoms with Gasteiger partial charge < -0.3 is 5.32 Å². The van der Waals surface area contributed by atoms with E-state index in [2.05, 4.69) is 10.3 Å². The van der Waals surface area contributed by atoms with Gasteiger partial charge in [-0.15, -0.1) is 0 Å². The second kappa shape index (κ2) is 6.92. The number of hydrogen-bond donors (Lipinski definition) is 1. The molecule has 0 aliphatic heterocycles. The Morgan fingerprint density at radius 1 is 1.24 bits per heavy atom. The molecule has 1 atom stereocenters. The molecular formula is C16H16Cl2N2O. The summed E-state index contributed by atoms with van der Waals surface area (Å²) in [5, 5.41) is 4.10. The lowest BCUT2D eigenvalue weighted by Crippen LogP contribution is -2.27. The Kier molecular flexibility index (Phi) is 5.21. The summed E-state index contributed by atoms with van der Waals surface area (Å²) in [7, 11) is 0. The topological polar surface area (TPSA) is 42.0 Å². The third-order valence-electron chi connectivity index (χ3n) is 3.23. The SMILES string of the molecule is Cc1ccc(C(=O)NCC(C)c2c(Cl)cccc2Cl)cn1. The minimum atomic E-state index is -0.155. The van der Waals surface area contributed by atoms with Gasteiger partial charge in [-0.2, -0.15) is 0 Å².